The second kappa shape index (κ2) is 16.5. The Morgan fingerprint density at radius 3 is 2.73 bits per heavy atom. The zero-order valence-electron chi connectivity index (χ0n) is 21.7. The SMILES string of the molecule is N#CNC(=NCCCCCCS(=O)(=O)N(OCCN1CCOCC1)C1CCCCC1)Nc1cccnc1. The van der Waals surface area contributed by atoms with Gasteiger partial charge < -0.3 is 10.1 Å². The van der Waals surface area contributed by atoms with Gasteiger partial charge in [0.1, 0.15) is 0 Å². The lowest BCUT2D eigenvalue weighted by Gasteiger charge is -2.33. The van der Waals surface area contributed by atoms with Gasteiger partial charge in [-0.25, -0.2) is 8.42 Å². The molecule has 2 aliphatic rings. The molecule has 2 N–H and O–H groups in total. The number of pyridine rings is 1. The summed E-state index contributed by atoms with van der Waals surface area (Å²) in [6.07, 6.45) is 13.2. The lowest BCUT2D eigenvalue weighted by Crippen LogP contribution is -2.45. The van der Waals surface area contributed by atoms with Gasteiger partial charge in [0.15, 0.2) is 6.19 Å². The van der Waals surface area contributed by atoms with E-state index in [1.165, 1.54) is 4.47 Å². The molecular weight excluding hydrogens is 494 g/mol. The molecule has 2 fully saturated rings. The number of guanidine groups is 1. The molecule has 1 aromatic heterocycles. The number of sulfonamides is 1. The molecule has 2 heterocycles. The number of rotatable bonds is 14. The molecule has 12 heteroatoms. The van der Waals surface area contributed by atoms with E-state index in [4.69, 9.17) is 14.8 Å². The Kier molecular flexibility index (Phi) is 13.1. The molecule has 37 heavy (non-hydrogen) atoms. The van der Waals surface area contributed by atoms with Crippen LogP contribution >= 0.6 is 0 Å². The second-order valence-electron chi connectivity index (χ2n) is 9.40. The molecule has 3 rings (SSSR count). The van der Waals surface area contributed by atoms with E-state index in [-0.39, 0.29) is 11.8 Å². The maximum Gasteiger partial charge on any atom is 0.236 e. The fraction of sp³-hybridized carbons (Fsp3) is 0.720. The van der Waals surface area contributed by atoms with Gasteiger partial charge in [-0.1, -0.05) is 36.6 Å². The monoisotopic (exact) mass is 535 g/mol. The minimum atomic E-state index is -3.49. The van der Waals surface area contributed by atoms with Crippen molar-refractivity contribution in [2.75, 3.05) is 57.1 Å². The highest BCUT2D eigenvalue weighted by Gasteiger charge is 2.32. The predicted molar refractivity (Wildman–Crippen MR) is 143 cm³/mol. The summed E-state index contributed by atoms with van der Waals surface area (Å²) in [6.45, 7) is 4.76. The van der Waals surface area contributed by atoms with Gasteiger partial charge in [0, 0.05) is 32.4 Å². The average Bonchev–Trinajstić information content (AvgIpc) is 2.92. The van der Waals surface area contributed by atoms with Crippen molar-refractivity contribution in [3.8, 4) is 6.19 Å². The third-order valence-electron chi connectivity index (χ3n) is 6.56. The number of morpholine rings is 1. The van der Waals surface area contributed by atoms with Crippen LogP contribution in [0.2, 0.25) is 0 Å². The molecule has 206 valence electrons. The van der Waals surface area contributed by atoms with Crippen LogP contribution in [0, 0.1) is 11.5 Å². The van der Waals surface area contributed by atoms with E-state index in [0.717, 1.165) is 70.1 Å². The summed E-state index contributed by atoms with van der Waals surface area (Å²) in [5.74, 6) is 0.462. The first-order chi connectivity index (χ1) is 18.1. The van der Waals surface area contributed by atoms with Crippen LogP contribution < -0.4 is 10.6 Å². The molecule has 1 saturated heterocycles. The highest BCUT2D eigenvalue weighted by atomic mass is 32.2. The van der Waals surface area contributed by atoms with E-state index in [0.29, 0.717) is 45.3 Å². The van der Waals surface area contributed by atoms with E-state index in [9.17, 15) is 8.42 Å². The van der Waals surface area contributed by atoms with Crippen LogP contribution in [-0.2, 0) is 19.6 Å². The molecule has 0 bridgehead atoms. The van der Waals surface area contributed by atoms with Crippen LogP contribution in [0.1, 0.15) is 57.8 Å². The number of ether oxygens (including phenoxy) is 1. The van der Waals surface area contributed by atoms with E-state index < -0.39 is 10.0 Å². The Morgan fingerprint density at radius 1 is 1.22 bits per heavy atom. The quantitative estimate of drug-likeness (QED) is 0.0921. The van der Waals surface area contributed by atoms with Gasteiger partial charge in [-0.2, -0.15) is 5.26 Å². The number of nitriles is 1. The number of unbranched alkanes of at least 4 members (excludes halogenated alkanes) is 3. The average molecular weight is 536 g/mol. The molecule has 0 unspecified atom stereocenters. The number of nitrogens with zero attached hydrogens (tertiary/aromatic N) is 5. The Bertz CT molecular complexity index is 944. The van der Waals surface area contributed by atoms with Gasteiger partial charge in [-0.05, 0) is 37.8 Å². The zero-order valence-corrected chi connectivity index (χ0v) is 22.5. The standard InChI is InChI=1S/C25H41N7O4S/c26-22-29-25(30-23-9-8-12-27-21-23)28-13-6-1-2-7-20-37(33,34)32(24-10-4-3-5-11-24)36-19-16-31-14-17-35-18-15-31/h8-9,12,21,24H,1-7,10-11,13-20H2,(H2,28,29,30). The smallest absolute Gasteiger partial charge is 0.236 e. The molecule has 0 atom stereocenters. The van der Waals surface area contributed by atoms with Crippen molar-refractivity contribution >= 4 is 21.7 Å². The minimum Gasteiger partial charge on any atom is -0.379 e. The first kappa shape index (κ1) is 29.3. The molecule has 1 aliphatic carbocycles. The lowest BCUT2D eigenvalue weighted by molar-refractivity contribution is -0.126. The predicted octanol–water partition coefficient (Wildman–Crippen LogP) is 2.71. The fourth-order valence-corrected chi connectivity index (χ4v) is 6.21. The number of hydrogen-bond acceptors (Lipinski definition) is 8. The van der Waals surface area contributed by atoms with Gasteiger partial charge in [0.25, 0.3) is 0 Å². The maximum absolute atomic E-state index is 13.2. The number of hydroxylamine groups is 1. The summed E-state index contributed by atoms with van der Waals surface area (Å²) in [5.41, 5.74) is 0.740. The van der Waals surface area contributed by atoms with Gasteiger partial charge in [0.2, 0.25) is 16.0 Å². The lowest BCUT2D eigenvalue weighted by atomic mass is 9.96. The highest BCUT2D eigenvalue weighted by Crippen LogP contribution is 2.26. The maximum atomic E-state index is 13.2. The van der Waals surface area contributed by atoms with Crippen LogP contribution in [0.15, 0.2) is 29.5 Å². The first-order valence-corrected chi connectivity index (χ1v) is 15.0. The van der Waals surface area contributed by atoms with E-state index in [1.807, 2.05) is 12.3 Å². The Labute approximate surface area is 221 Å². The molecular formula is C25H41N7O4S. The molecule has 1 saturated carbocycles. The van der Waals surface area contributed by atoms with Crippen LogP contribution in [0.4, 0.5) is 5.69 Å². The number of anilines is 1. The zero-order chi connectivity index (χ0) is 26.2. The Balaban J connectivity index is 1.40. The molecule has 1 aliphatic heterocycles. The largest absolute Gasteiger partial charge is 0.379 e. The third-order valence-corrected chi connectivity index (χ3v) is 8.31. The molecule has 1 aromatic rings. The van der Waals surface area contributed by atoms with E-state index in [2.05, 4.69) is 25.5 Å². The summed E-state index contributed by atoms with van der Waals surface area (Å²) in [4.78, 5) is 16.6. The number of hydrogen-bond donors (Lipinski definition) is 2. The minimum absolute atomic E-state index is 0.0591. The molecule has 0 amide bonds. The number of aromatic nitrogens is 1. The van der Waals surface area contributed by atoms with Crippen LogP contribution in [-0.4, -0.2) is 86.5 Å². The normalized spacial score (nSPS) is 18.0. The summed E-state index contributed by atoms with van der Waals surface area (Å²) < 4.78 is 33.2. The summed E-state index contributed by atoms with van der Waals surface area (Å²) >= 11 is 0. The summed E-state index contributed by atoms with van der Waals surface area (Å²) in [6, 6.07) is 3.58. The van der Waals surface area contributed by atoms with Crippen molar-refractivity contribution in [2.45, 2.75) is 63.8 Å². The molecule has 0 radical (unpaired) electrons. The van der Waals surface area contributed by atoms with Gasteiger partial charge >= 0.3 is 0 Å². The van der Waals surface area contributed by atoms with E-state index >= 15 is 0 Å². The van der Waals surface area contributed by atoms with Crippen LogP contribution in [0.25, 0.3) is 0 Å². The highest BCUT2D eigenvalue weighted by molar-refractivity contribution is 7.88. The number of nitrogens with one attached hydrogen (secondary N) is 2. The molecule has 0 spiro atoms. The van der Waals surface area contributed by atoms with Crippen molar-refractivity contribution in [2.24, 2.45) is 4.99 Å². The molecule has 11 nitrogen and oxygen atoms in total. The van der Waals surface area contributed by atoms with Crippen molar-refractivity contribution in [3.05, 3.63) is 24.5 Å². The second-order valence-corrected chi connectivity index (χ2v) is 11.3. The fourth-order valence-electron chi connectivity index (χ4n) is 4.56. The summed E-state index contributed by atoms with van der Waals surface area (Å²) in [7, 11) is -3.49. The van der Waals surface area contributed by atoms with Crippen molar-refractivity contribution in [3.63, 3.8) is 0 Å². The van der Waals surface area contributed by atoms with Gasteiger partial charge in [-0.15, -0.1) is 0 Å². The van der Waals surface area contributed by atoms with Crippen molar-refractivity contribution in [1.82, 2.24) is 19.7 Å². The number of aliphatic imine (C=N–C) groups is 1. The Morgan fingerprint density at radius 2 is 2.00 bits per heavy atom. The van der Waals surface area contributed by atoms with Crippen LogP contribution in [0.3, 0.4) is 0 Å². The van der Waals surface area contributed by atoms with E-state index in [1.54, 1.807) is 18.5 Å². The topological polar surface area (TPSA) is 132 Å². The van der Waals surface area contributed by atoms with Crippen molar-refractivity contribution in [1.29, 1.82) is 5.26 Å². The third kappa shape index (κ3) is 10.9. The molecule has 0 aromatic carbocycles. The van der Waals surface area contributed by atoms with Crippen molar-refractivity contribution < 1.29 is 18.0 Å². The summed E-state index contributed by atoms with van der Waals surface area (Å²) in [5, 5.41) is 14.5. The van der Waals surface area contributed by atoms with Gasteiger partial charge in [0.05, 0.1) is 43.5 Å². The Hall–Kier alpha value is -2.30. The van der Waals surface area contributed by atoms with Crippen LogP contribution in [0.5, 0.6) is 0 Å². The van der Waals surface area contributed by atoms with Gasteiger partial charge in [-0.3, -0.25) is 25.0 Å². The first-order valence-electron chi connectivity index (χ1n) is 13.4.